The zero-order chi connectivity index (χ0) is 8.70. The molecule has 0 aliphatic carbocycles. The number of rotatable bonds is 2. The highest BCUT2D eigenvalue weighted by Gasteiger charge is 2.51. The molecule has 0 unspecified atom stereocenters. The predicted octanol–water partition coefficient (Wildman–Crippen LogP) is 1.13. The summed E-state index contributed by atoms with van der Waals surface area (Å²) in [6.07, 6.45) is 0. The van der Waals surface area contributed by atoms with Crippen molar-refractivity contribution in [2.45, 2.75) is 20.8 Å². The SMILES string of the molecule is CC1(C(C)(C)C(=O)O)COC1. The minimum absolute atomic E-state index is 0.182. The van der Waals surface area contributed by atoms with Crippen molar-refractivity contribution in [1.82, 2.24) is 0 Å². The van der Waals surface area contributed by atoms with Crippen LogP contribution in [0, 0.1) is 10.8 Å². The second-order valence-corrected chi connectivity index (χ2v) is 3.98. The lowest BCUT2D eigenvalue weighted by Gasteiger charge is -2.47. The van der Waals surface area contributed by atoms with E-state index >= 15 is 0 Å². The molecule has 1 rings (SSSR count). The molecular formula is C8H14O3. The van der Waals surface area contributed by atoms with Gasteiger partial charge in [0.25, 0.3) is 0 Å². The van der Waals surface area contributed by atoms with E-state index in [1.54, 1.807) is 13.8 Å². The molecule has 0 aromatic carbocycles. The van der Waals surface area contributed by atoms with Crippen LogP contribution in [-0.2, 0) is 9.53 Å². The minimum Gasteiger partial charge on any atom is -0.481 e. The number of hydrogen-bond acceptors (Lipinski definition) is 2. The predicted molar refractivity (Wildman–Crippen MR) is 40.3 cm³/mol. The van der Waals surface area contributed by atoms with Crippen LogP contribution in [0.2, 0.25) is 0 Å². The zero-order valence-electron chi connectivity index (χ0n) is 7.18. The molecule has 0 aromatic rings. The lowest BCUT2D eigenvalue weighted by Crippen LogP contribution is -2.54. The van der Waals surface area contributed by atoms with Crippen molar-refractivity contribution in [2.24, 2.45) is 10.8 Å². The molecule has 0 saturated carbocycles. The lowest BCUT2D eigenvalue weighted by atomic mass is 9.65. The number of carbonyl (C=O) groups is 1. The molecule has 1 saturated heterocycles. The van der Waals surface area contributed by atoms with E-state index in [0.717, 1.165) is 0 Å². The monoisotopic (exact) mass is 158 g/mol. The van der Waals surface area contributed by atoms with Gasteiger partial charge in [-0.15, -0.1) is 0 Å². The lowest BCUT2D eigenvalue weighted by molar-refractivity contribution is -0.190. The molecule has 3 nitrogen and oxygen atoms in total. The Kier molecular flexibility index (Phi) is 1.71. The fourth-order valence-corrected chi connectivity index (χ4v) is 1.03. The Morgan fingerprint density at radius 2 is 2.00 bits per heavy atom. The zero-order valence-corrected chi connectivity index (χ0v) is 7.18. The molecule has 11 heavy (non-hydrogen) atoms. The maximum Gasteiger partial charge on any atom is 0.309 e. The van der Waals surface area contributed by atoms with Crippen LogP contribution in [0.1, 0.15) is 20.8 Å². The van der Waals surface area contributed by atoms with Crippen LogP contribution in [0.25, 0.3) is 0 Å². The third-order valence-corrected chi connectivity index (χ3v) is 2.88. The second kappa shape index (κ2) is 2.21. The smallest absolute Gasteiger partial charge is 0.309 e. The van der Waals surface area contributed by atoms with Crippen molar-refractivity contribution in [3.63, 3.8) is 0 Å². The Labute approximate surface area is 66.4 Å². The molecule has 64 valence electrons. The topological polar surface area (TPSA) is 46.5 Å². The van der Waals surface area contributed by atoms with Crippen LogP contribution in [0.15, 0.2) is 0 Å². The number of hydrogen-bond donors (Lipinski definition) is 1. The molecular weight excluding hydrogens is 144 g/mol. The molecule has 0 amide bonds. The number of carboxylic acid groups (broad SMARTS) is 1. The highest BCUT2D eigenvalue weighted by molar-refractivity contribution is 5.75. The fraction of sp³-hybridized carbons (Fsp3) is 0.875. The van der Waals surface area contributed by atoms with Gasteiger partial charge in [-0.05, 0) is 13.8 Å². The summed E-state index contributed by atoms with van der Waals surface area (Å²) in [5.41, 5.74) is -0.857. The van der Waals surface area contributed by atoms with Crippen molar-refractivity contribution in [2.75, 3.05) is 13.2 Å². The first kappa shape index (κ1) is 8.53. The van der Waals surface area contributed by atoms with E-state index in [1.165, 1.54) is 0 Å². The van der Waals surface area contributed by atoms with E-state index in [2.05, 4.69) is 0 Å². The molecule has 0 atom stereocenters. The highest BCUT2D eigenvalue weighted by atomic mass is 16.5. The van der Waals surface area contributed by atoms with Gasteiger partial charge in [-0.1, -0.05) is 6.92 Å². The van der Waals surface area contributed by atoms with Gasteiger partial charge < -0.3 is 9.84 Å². The van der Waals surface area contributed by atoms with Crippen LogP contribution in [0.3, 0.4) is 0 Å². The molecule has 1 N–H and O–H groups in total. The van der Waals surface area contributed by atoms with Crippen molar-refractivity contribution in [3.8, 4) is 0 Å². The maximum absolute atomic E-state index is 10.8. The summed E-state index contributed by atoms with van der Waals surface area (Å²) >= 11 is 0. The fourth-order valence-electron chi connectivity index (χ4n) is 1.03. The van der Waals surface area contributed by atoms with E-state index in [0.29, 0.717) is 13.2 Å². The van der Waals surface area contributed by atoms with Gasteiger partial charge in [0.15, 0.2) is 0 Å². The molecule has 0 radical (unpaired) electrons. The summed E-state index contributed by atoms with van der Waals surface area (Å²) in [5.74, 6) is -0.747. The Morgan fingerprint density at radius 1 is 1.55 bits per heavy atom. The molecule has 1 heterocycles. The summed E-state index contributed by atoms with van der Waals surface area (Å²) in [7, 11) is 0. The average molecular weight is 158 g/mol. The van der Waals surface area contributed by atoms with Gasteiger partial charge in [0.1, 0.15) is 0 Å². The second-order valence-electron chi connectivity index (χ2n) is 3.98. The summed E-state index contributed by atoms with van der Waals surface area (Å²) in [6, 6.07) is 0. The molecule has 1 aliphatic rings. The quantitative estimate of drug-likeness (QED) is 0.655. The van der Waals surface area contributed by atoms with Gasteiger partial charge in [-0.3, -0.25) is 4.79 Å². The van der Waals surface area contributed by atoms with E-state index in [4.69, 9.17) is 9.84 Å². The Bertz CT molecular complexity index is 180. The first-order chi connectivity index (χ1) is 4.90. The van der Waals surface area contributed by atoms with Crippen molar-refractivity contribution >= 4 is 5.97 Å². The van der Waals surface area contributed by atoms with E-state index in [9.17, 15) is 4.79 Å². The molecule has 0 spiro atoms. The first-order valence-electron chi connectivity index (χ1n) is 3.71. The third kappa shape index (κ3) is 1.03. The summed E-state index contributed by atoms with van der Waals surface area (Å²) in [5, 5.41) is 8.89. The van der Waals surface area contributed by atoms with Crippen LogP contribution in [0.4, 0.5) is 0 Å². The third-order valence-electron chi connectivity index (χ3n) is 2.88. The normalized spacial score (nSPS) is 22.5. The van der Waals surface area contributed by atoms with Gasteiger partial charge >= 0.3 is 5.97 Å². The number of ether oxygens (including phenoxy) is 1. The van der Waals surface area contributed by atoms with Gasteiger partial charge in [0.05, 0.1) is 18.6 Å². The van der Waals surface area contributed by atoms with Gasteiger partial charge in [0.2, 0.25) is 0 Å². The minimum atomic E-state index is -0.747. The van der Waals surface area contributed by atoms with Crippen molar-refractivity contribution in [3.05, 3.63) is 0 Å². The Balaban J connectivity index is 2.78. The van der Waals surface area contributed by atoms with Crippen LogP contribution < -0.4 is 0 Å². The molecule has 0 bridgehead atoms. The number of aliphatic carboxylic acids is 1. The molecule has 0 aromatic heterocycles. The summed E-state index contributed by atoms with van der Waals surface area (Å²) in [6.45, 7) is 6.57. The maximum atomic E-state index is 10.8. The van der Waals surface area contributed by atoms with Crippen molar-refractivity contribution in [1.29, 1.82) is 0 Å². The van der Waals surface area contributed by atoms with Gasteiger partial charge in [-0.2, -0.15) is 0 Å². The molecule has 1 fully saturated rings. The largest absolute Gasteiger partial charge is 0.481 e. The van der Waals surface area contributed by atoms with Crippen LogP contribution in [-0.4, -0.2) is 24.3 Å². The Hall–Kier alpha value is -0.570. The molecule has 1 aliphatic heterocycles. The first-order valence-corrected chi connectivity index (χ1v) is 3.71. The van der Waals surface area contributed by atoms with E-state index in [1.807, 2.05) is 6.92 Å². The van der Waals surface area contributed by atoms with Crippen LogP contribution in [0.5, 0.6) is 0 Å². The van der Waals surface area contributed by atoms with E-state index < -0.39 is 11.4 Å². The van der Waals surface area contributed by atoms with Gasteiger partial charge in [0, 0.05) is 5.41 Å². The number of carboxylic acids is 1. The van der Waals surface area contributed by atoms with Crippen molar-refractivity contribution < 1.29 is 14.6 Å². The van der Waals surface area contributed by atoms with Gasteiger partial charge in [-0.25, -0.2) is 0 Å². The summed E-state index contributed by atoms with van der Waals surface area (Å²) < 4.78 is 5.01. The average Bonchev–Trinajstić information content (AvgIpc) is 1.82. The van der Waals surface area contributed by atoms with Crippen LogP contribution >= 0.6 is 0 Å². The Morgan fingerprint density at radius 3 is 2.09 bits per heavy atom. The highest BCUT2D eigenvalue weighted by Crippen LogP contribution is 2.44. The molecule has 3 heteroatoms. The van der Waals surface area contributed by atoms with E-state index in [-0.39, 0.29) is 5.41 Å². The summed E-state index contributed by atoms with van der Waals surface area (Å²) in [4.78, 5) is 10.8. The standard InChI is InChI=1S/C8H14O3/c1-7(2,6(9)10)8(3)4-11-5-8/h4-5H2,1-3H3,(H,9,10).